The van der Waals surface area contributed by atoms with Crippen LogP contribution < -0.4 is 10.3 Å². The topological polar surface area (TPSA) is 114 Å². The van der Waals surface area contributed by atoms with Crippen molar-refractivity contribution in [1.82, 2.24) is 29.1 Å². The smallest absolute Gasteiger partial charge is 0.272 e. The summed E-state index contributed by atoms with van der Waals surface area (Å²) in [6, 6.07) is 2.45. The molecule has 0 spiro atoms. The fourth-order valence-electron chi connectivity index (χ4n) is 2.72. The molecule has 3 aromatic heterocycles. The van der Waals surface area contributed by atoms with E-state index in [1.807, 2.05) is 27.7 Å². The molecular formula is C16H22N6O3S. The molecular weight excluding hydrogens is 356 g/mol. The summed E-state index contributed by atoms with van der Waals surface area (Å²) < 4.78 is 31.0. The van der Waals surface area contributed by atoms with E-state index in [2.05, 4.69) is 19.9 Å². The Balaban J connectivity index is 2.01. The van der Waals surface area contributed by atoms with Gasteiger partial charge >= 0.3 is 0 Å². The van der Waals surface area contributed by atoms with Gasteiger partial charge in [-0.05, 0) is 19.8 Å². The van der Waals surface area contributed by atoms with Gasteiger partial charge in [0.15, 0.2) is 5.65 Å². The van der Waals surface area contributed by atoms with Crippen molar-refractivity contribution in [2.45, 2.75) is 45.2 Å². The lowest BCUT2D eigenvalue weighted by molar-refractivity contribution is 0.453. The maximum atomic E-state index is 12.7. The van der Waals surface area contributed by atoms with Crippen molar-refractivity contribution in [3.63, 3.8) is 0 Å². The number of aromatic nitrogens is 5. The highest BCUT2D eigenvalue weighted by Crippen LogP contribution is 2.22. The molecule has 0 bridgehead atoms. The van der Waals surface area contributed by atoms with Gasteiger partial charge in [-0.1, -0.05) is 13.8 Å². The first kappa shape index (κ1) is 18.3. The second-order valence-electron chi connectivity index (χ2n) is 6.53. The summed E-state index contributed by atoms with van der Waals surface area (Å²) in [5.74, 6) is -0.111. The standard InChI is InChI=1S/C16H22N6O3S/c1-5-21-9-12(8-17-21)26(24,25)20-16(10(2)3)13-7-15(23)22-14(18-13)6-11(4)19-22/h6-10,16,19-20H,5H2,1-4H3. The molecule has 2 N–H and O–H groups in total. The maximum Gasteiger partial charge on any atom is 0.272 e. The summed E-state index contributed by atoms with van der Waals surface area (Å²) >= 11 is 0. The fraction of sp³-hybridized carbons (Fsp3) is 0.438. The van der Waals surface area contributed by atoms with Crippen molar-refractivity contribution in [3.05, 3.63) is 46.3 Å². The molecule has 0 amide bonds. The molecule has 1 atom stereocenters. The van der Waals surface area contributed by atoms with Crippen molar-refractivity contribution < 1.29 is 8.42 Å². The predicted molar refractivity (Wildman–Crippen MR) is 96.4 cm³/mol. The molecule has 0 aliphatic rings. The first-order valence-electron chi connectivity index (χ1n) is 8.35. The molecule has 0 fully saturated rings. The number of hydrogen-bond acceptors (Lipinski definition) is 5. The molecule has 3 rings (SSSR count). The van der Waals surface area contributed by atoms with Gasteiger partial charge in [0.2, 0.25) is 10.0 Å². The van der Waals surface area contributed by atoms with E-state index in [-0.39, 0.29) is 16.4 Å². The van der Waals surface area contributed by atoms with Gasteiger partial charge in [-0.2, -0.15) is 5.10 Å². The lowest BCUT2D eigenvalue weighted by Gasteiger charge is -2.21. The number of nitrogens with zero attached hydrogens (tertiary/aromatic N) is 4. The van der Waals surface area contributed by atoms with Gasteiger partial charge in [0.05, 0.1) is 17.9 Å². The zero-order valence-electron chi connectivity index (χ0n) is 15.1. The molecule has 26 heavy (non-hydrogen) atoms. The molecule has 0 saturated carbocycles. The Bertz CT molecular complexity index is 1090. The van der Waals surface area contributed by atoms with Crippen molar-refractivity contribution in [3.8, 4) is 0 Å². The van der Waals surface area contributed by atoms with Crippen LogP contribution in [0.2, 0.25) is 0 Å². The maximum absolute atomic E-state index is 12.7. The van der Waals surface area contributed by atoms with Crippen LogP contribution >= 0.6 is 0 Å². The number of aromatic amines is 1. The average Bonchev–Trinajstić information content (AvgIpc) is 3.18. The Kier molecular flexibility index (Phi) is 4.72. The van der Waals surface area contributed by atoms with Crippen molar-refractivity contribution >= 4 is 15.7 Å². The van der Waals surface area contributed by atoms with Crippen LogP contribution in [0.5, 0.6) is 0 Å². The fourth-order valence-corrected chi connectivity index (χ4v) is 4.03. The number of nitrogens with one attached hydrogen (secondary N) is 2. The quantitative estimate of drug-likeness (QED) is 0.669. The zero-order chi connectivity index (χ0) is 19.1. The Labute approximate surface area is 151 Å². The Morgan fingerprint density at radius 3 is 2.65 bits per heavy atom. The van der Waals surface area contributed by atoms with Gasteiger partial charge in [0, 0.05) is 30.6 Å². The van der Waals surface area contributed by atoms with E-state index in [4.69, 9.17) is 0 Å². The predicted octanol–water partition coefficient (Wildman–Crippen LogP) is 1.22. The van der Waals surface area contributed by atoms with Gasteiger partial charge in [-0.15, -0.1) is 0 Å². The minimum atomic E-state index is -3.79. The summed E-state index contributed by atoms with van der Waals surface area (Å²) in [6.07, 6.45) is 2.78. The molecule has 0 aliphatic carbocycles. The van der Waals surface area contributed by atoms with E-state index in [0.29, 0.717) is 17.9 Å². The second kappa shape index (κ2) is 6.69. The zero-order valence-corrected chi connectivity index (χ0v) is 15.9. The van der Waals surface area contributed by atoms with Crippen LogP contribution in [0.15, 0.2) is 34.2 Å². The highest BCUT2D eigenvalue weighted by atomic mass is 32.2. The highest BCUT2D eigenvalue weighted by molar-refractivity contribution is 7.89. The van der Waals surface area contributed by atoms with Crippen molar-refractivity contribution in [1.29, 1.82) is 0 Å². The molecule has 9 nitrogen and oxygen atoms in total. The number of sulfonamides is 1. The minimum absolute atomic E-state index is 0.0836. The number of aryl methyl sites for hydroxylation is 2. The lowest BCUT2D eigenvalue weighted by Crippen LogP contribution is -2.33. The third-order valence-corrected chi connectivity index (χ3v) is 5.51. The summed E-state index contributed by atoms with van der Waals surface area (Å²) in [4.78, 5) is 16.9. The third-order valence-electron chi connectivity index (χ3n) is 4.11. The molecule has 0 saturated heterocycles. The molecule has 0 aliphatic heterocycles. The van der Waals surface area contributed by atoms with E-state index < -0.39 is 16.1 Å². The molecule has 10 heteroatoms. The number of hydrogen-bond donors (Lipinski definition) is 2. The molecule has 140 valence electrons. The lowest BCUT2D eigenvalue weighted by atomic mass is 10.0. The van der Waals surface area contributed by atoms with Crippen molar-refractivity contribution in [2.24, 2.45) is 5.92 Å². The average molecular weight is 378 g/mol. The van der Waals surface area contributed by atoms with E-state index in [0.717, 1.165) is 5.69 Å². The van der Waals surface area contributed by atoms with Crippen LogP contribution in [-0.4, -0.2) is 32.8 Å². The minimum Gasteiger partial charge on any atom is -0.294 e. The molecule has 3 heterocycles. The first-order chi connectivity index (χ1) is 12.2. The van der Waals surface area contributed by atoms with E-state index in [1.165, 1.54) is 27.7 Å². The van der Waals surface area contributed by atoms with Gasteiger partial charge in [0.1, 0.15) is 4.90 Å². The molecule has 1 unspecified atom stereocenters. The van der Waals surface area contributed by atoms with E-state index in [1.54, 1.807) is 6.07 Å². The molecule has 0 aromatic carbocycles. The first-order valence-corrected chi connectivity index (χ1v) is 9.83. The normalized spacial score (nSPS) is 13.6. The monoisotopic (exact) mass is 378 g/mol. The van der Waals surface area contributed by atoms with Gasteiger partial charge in [-0.25, -0.2) is 22.6 Å². The van der Waals surface area contributed by atoms with E-state index in [9.17, 15) is 13.2 Å². The van der Waals surface area contributed by atoms with Crippen LogP contribution in [0.1, 0.15) is 38.2 Å². The SMILES string of the molecule is CCn1cc(S(=O)(=O)NC(c2cc(=O)n3[nH]c(C)cc3n2)C(C)C)cn1. The summed E-state index contributed by atoms with van der Waals surface area (Å²) in [5, 5.41) is 6.91. The highest BCUT2D eigenvalue weighted by Gasteiger charge is 2.27. The molecule has 0 radical (unpaired) electrons. The summed E-state index contributed by atoms with van der Waals surface area (Å²) in [6.45, 7) is 8.01. The largest absolute Gasteiger partial charge is 0.294 e. The second-order valence-corrected chi connectivity index (χ2v) is 8.24. The van der Waals surface area contributed by atoms with Crippen LogP contribution in [0.25, 0.3) is 5.65 Å². The van der Waals surface area contributed by atoms with Gasteiger partial charge in [-0.3, -0.25) is 14.6 Å². The van der Waals surface area contributed by atoms with Crippen LogP contribution in [0, 0.1) is 12.8 Å². The molecule has 3 aromatic rings. The van der Waals surface area contributed by atoms with Crippen LogP contribution in [0.3, 0.4) is 0 Å². The van der Waals surface area contributed by atoms with Crippen molar-refractivity contribution in [2.75, 3.05) is 0 Å². The number of fused-ring (bicyclic) bond motifs is 1. The van der Waals surface area contributed by atoms with Crippen LogP contribution in [0.4, 0.5) is 0 Å². The Hall–Kier alpha value is -2.46. The summed E-state index contributed by atoms with van der Waals surface area (Å²) in [5.41, 5.74) is 1.34. The Morgan fingerprint density at radius 2 is 2.04 bits per heavy atom. The third kappa shape index (κ3) is 3.42. The number of H-pyrrole nitrogens is 1. The van der Waals surface area contributed by atoms with Crippen LogP contribution in [-0.2, 0) is 16.6 Å². The van der Waals surface area contributed by atoms with Gasteiger partial charge in [0.25, 0.3) is 5.56 Å². The number of rotatable bonds is 6. The van der Waals surface area contributed by atoms with E-state index >= 15 is 0 Å². The van der Waals surface area contributed by atoms with Gasteiger partial charge < -0.3 is 0 Å². The Morgan fingerprint density at radius 1 is 1.31 bits per heavy atom. The summed E-state index contributed by atoms with van der Waals surface area (Å²) in [7, 11) is -3.79.